The second kappa shape index (κ2) is 3.79. The van der Waals surface area contributed by atoms with Crippen molar-refractivity contribution in [1.29, 1.82) is 0 Å². The predicted molar refractivity (Wildman–Crippen MR) is 56.8 cm³/mol. The van der Waals surface area contributed by atoms with Crippen molar-refractivity contribution >= 4 is 22.9 Å². The number of hydrogen-bond donors (Lipinski definition) is 2. The van der Waals surface area contributed by atoms with Crippen molar-refractivity contribution in [2.24, 2.45) is 0 Å². The molecule has 1 amide bonds. The van der Waals surface area contributed by atoms with E-state index in [1.165, 1.54) is 5.39 Å². The lowest BCUT2D eigenvalue weighted by atomic mass is 10.1. The van der Waals surface area contributed by atoms with Crippen molar-refractivity contribution in [3.8, 4) is 0 Å². The highest BCUT2D eigenvalue weighted by Crippen LogP contribution is 2.17. The van der Waals surface area contributed by atoms with Crippen molar-refractivity contribution in [1.82, 2.24) is 5.43 Å². The summed E-state index contributed by atoms with van der Waals surface area (Å²) < 4.78 is 0. The van der Waals surface area contributed by atoms with Crippen LogP contribution in [0.15, 0.2) is 42.5 Å². The molecule has 0 unspecified atom stereocenters. The number of amides is 1. The maximum atomic E-state index is 10.1. The summed E-state index contributed by atoms with van der Waals surface area (Å²) in [6, 6.07) is 14.0. The minimum absolute atomic E-state index is 0.606. The molecule has 0 heterocycles. The van der Waals surface area contributed by atoms with Crippen molar-refractivity contribution in [2.45, 2.75) is 0 Å². The standard InChI is InChI=1S/C11H10N2O/c14-8-12-13-11-6-5-9-3-1-2-4-10(9)7-11/h1-8,13H,(H,12,14). The molecule has 0 saturated carbocycles. The molecule has 14 heavy (non-hydrogen) atoms. The highest BCUT2D eigenvalue weighted by atomic mass is 16.1. The van der Waals surface area contributed by atoms with Crippen LogP contribution in [0.2, 0.25) is 0 Å². The lowest BCUT2D eigenvalue weighted by molar-refractivity contribution is -0.109. The smallest absolute Gasteiger partial charge is 0.225 e. The van der Waals surface area contributed by atoms with Gasteiger partial charge in [0.2, 0.25) is 6.41 Å². The summed E-state index contributed by atoms with van der Waals surface area (Å²) in [5, 5.41) is 2.33. The fourth-order valence-electron chi connectivity index (χ4n) is 1.38. The van der Waals surface area contributed by atoms with E-state index >= 15 is 0 Å². The number of hydrogen-bond acceptors (Lipinski definition) is 2. The largest absolute Gasteiger partial charge is 0.299 e. The summed E-state index contributed by atoms with van der Waals surface area (Å²) in [6.45, 7) is 0. The zero-order chi connectivity index (χ0) is 9.80. The van der Waals surface area contributed by atoms with Crippen LogP contribution in [-0.4, -0.2) is 6.41 Å². The molecule has 0 spiro atoms. The first kappa shape index (κ1) is 8.56. The molecule has 2 aromatic rings. The van der Waals surface area contributed by atoms with E-state index in [4.69, 9.17) is 0 Å². The van der Waals surface area contributed by atoms with E-state index in [-0.39, 0.29) is 0 Å². The highest BCUT2D eigenvalue weighted by molar-refractivity contribution is 5.85. The van der Waals surface area contributed by atoms with Crippen molar-refractivity contribution in [2.75, 3.05) is 5.43 Å². The molecule has 2 rings (SSSR count). The molecule has 0 saturated heterocycles. The molecule has 0 bridgehead atoms. The van der Waals surface area contributed by atoms with Gasteiger partial charge in [0.1, 0.15) is 0 Å². The van der Waals surface area contributed by atoms with E-state index in [9.17, 15) is 4.79 Å². The molecule has 0 aromatic heterocycles. The molecule has 0 radical (unpaired) electrons. The Hall–Kier alpha value is -2.03. The molecule has 0 fully saturated rings. The van der Waals surface area contributed by atoms with Crippen LogP contribution in [0, 0.1) is 0 Å². The van der Waals surface area contributed by atoms with Crippen LogP contribution in [-0.2, 0) is 4.79 Å². The Kier molecular flexibility index (Phi) is 2.32. The van der Waals surface area contributed by atoms with Crippen LogP contribution < -0.4 is 10.9 Å². The zero-order valence-corrected chi connectivity index (χ0v) is 7.53. The Balaban J connectivity index is 2.36. The molecule has 3 nitrogen and oxygen atoms in total. The third-order valence-corrected chi connectivity index (χ3v) is 2.02. The van der Waals surface area contributed by atoms with Crippen molar-refractivity contribution < 1.29 is 4.79 Å². The van der Waals surface area contributed by atoms with Crippen LogP contribution >= 0.6 is 0 Å². The zero-order valence-electron chi connectivity index (χ0n) is 7.53. The molecule has 0 aliphatic heterocycles. The van der Waals surface area contributed by atoms with E-state index in [0.29, 0.717) is 6.41 Å². The number of benzene rings is 2. The van der Waals surface area contributed by atoms with Crippen molar-refractivity contribution in [3.63, 3.8) is 0 Å². The maximum Gasteiger partial charge on any atom is 0.225 e. The summed E-state index contributed by atoms with van der Waals surface area (Å²) in [5.74, 6) is 0. The van der Waals surface area contributed by atoms with Crippen LogP contribution in [0.1, 0.15) is 0 Å². The molecule has 0 atom stereocenters. The van der Waals surface area contributed by atoms with Gasteiger partial charge in [-0.3, -0.25) is 15.6 Å². The Labute approximate surface area is 81.7 Å². The van der Waals surface area contributed by atoms with Gasteiger partial charge in [-0.05, 0) is 22.9 Å². The van der Waals surface area contributed by atoms with Gasteiger partial charge in [0.15, 0.2) is 0 Å². The van der Waals surface area contributed by atoms with Crippen LogP contribution in [0.4, 0.5) is 5.69 Å². The van der Waals surface area contributed by atoms with E-state index in [1.807, 2.05) is 42.5 Å². The normalized spacial score (nSPS) is 9.71. The van der Waals surface area contributed by atoms with Gasteiger partial charge in [0, 0.05) is 0 Å². The SMILES string of the molecule is O=CNNc1ccc2ccccc2c1. The molecule has 0 aliphatic rings. The van der Waals surface area contributed by atoms with Gasteiger partial charge >= 0.3 is 0 Å². The fraction of sp³-hybridized carbons (Fsp3) is 0. The number of nitrogens with one attached hydrogen (secondary N) is 2. The van der Waals surface area contributed by atoms with Crippen LogP contribution in [0.25, 0.3) is 10.8 Å². The average molecular weight is 186 g/mol. The third kappa shape index (κ3) is 1.66. The van der Waals surface area contributed by atoms with Gasteiger partial charge in [-0.15, -0.1) is 0 Å². The minimum Gasteiger partial charge on any atom is -0.299 e. The first-order valence-corrected chi connectivity index (χ1v) is 4.34. The Morgan fingerprint density at radius 1 is 1.00 bits per heavy atom. The predicted octanol–water partition coefficient (Wildman–Crippen LogP) is 1.91. The number of rotatable bonds is 3. The topological polar surface area (TPSA) is 41.1 Å². The Bertz CT molecular complexity index is 454. The van der Waals surface area contributed by atoms with Gasteiger partial charge in [-0.1, -0.05) is 30.3 Å². The quantitative estimate of drug-likeness (QED) is 0.568. The molecule has 70 valence electrons. The first-order chi connectivity index (χ1) is 6.90. The molecular weight excluding hydrogens is 176 g/mol. The average Bonchev–Trinajstić information content (AvgIpc) is 2.26. The minimum atomic E-state index is 0.606. The monoisotopic (exact) mass is 186 g/mol. The molecule has 3 heteroatoms. The number of hydrazine groups is 1. The van der Waals surface area contributed by atoms with E-state index in [0.717, 1.165) is 11.1 Å². The second-order valence-corrected chi connectivity index (χ2v) is 2.95. The maximum absolute atomic E-state index is 10.1. The number of carbonyl (C=O) groups excluding carboxylic acids is 1. The van der Waals surface area contributed by atoms with Gasteiger partial charge < -0.3 is 0 Å². The first-order valence-electron chi connectivity index (χ1n) is 4.34. The molecule has 2 aromatic carbocycles. The Morgan fingerprint density at radius 3 is 2.57 bits per heavy atom. The van der Waals surface area contributed by atoms with Crippen molar-refractivity contribution in [3.05, 3.63) is 42.5 Å². The van der Waals surface area contributed by atoms with Gasteiger partial charge in [0.05, 0.1) is 5.69 Å². The van der Waals surface area contributed by atoms with Gasteiger partial charge in [-0.25, -0.2) is 0 Å². The van der Waals surface area contributed by atoms with E-state index in [1.54, 1.807) is 0 Å². The van der Waals surface area contributed by atoms with E-state index < -0.39 is 0 Å². The summed E-state index contributed by atoms with van der Waals surface area (Å²) in [7, 11) is 0. The number of anilines is 1. The third-order valence-electron chi connectivity index (χ3n) is 2.02. The molecule has 0 aliphatic carbocycles. The lowest BCUT2D eigenvalue weighted by Gasteiger charge is -2.04. The Morgan fingerprint density at radius 2 is 1.79 bits per heavy atom. The summed E-state index contributed by atoms with van der Waals surface area (Å²) >= 11 is 0. The van der Waals surface area contributed by atoms with Crippen LogP contribution in [0.3, 0.4) is 0 Å². The van der Waals surface area contributed by atoms with Crippen LogP contribution in [0.5, 0.6) is 0 Å². The van der Waals surface area contributed by atoms with E-state index in [2.05, 4.69) is 10.9 Å². The lowest BCUT2D eigenvalue weighted by Crippen LogP contribution is -2.18. The second-order valence-electron chi connectivity index (χ2n) is 2.95. The number of carbonyl (C=O) groups is 1. The number of fused-ring (bicyclic) bond motifs is 1. The van der Waals surface area contributed by atoms with Gasteiger partial charge in [-0.2, -0.15) is 0 Å². The van der Waals surface area contributed by atoms with Gasteiger partial charge in [0.25, 0.3) is 0 Å². The summed E-state index contributed by atoms with van der Waals surface area (Å²) in [4.78, 5) is 10.1. The molecule has 2 N–H and O–H groups in total. The molecular formula is C11H10N2O. The summed E-state index contributed by atoms with van der Waals surface area (Å²) in [5.41, 5.74) is 6.04. The fourth-order valence-corrected chi connectivity index (χ4v) is 1.38. The highest BCUT2D eigenvalue weighted by Gasteiger charge is 1.93. The summed E-state index contributed by atoms with van der Waals surface area (Å²) in [6.07, 6.45) is 0.606.